The molecule has 4 nitrogen and oxygen atoms in total. The number of imidazole rings is 1. The van der Waals surface area contributed by atoms with Crippen LogP contribution in [0.2, 0.25) is 0 Å². The highest BCUT2D eigenvalue weighted by molar-refractivity contribution is 7.99. The van der Waals surface area contributed by atoms with Crippen LogP contribution in [0.5, 0.6) is 0 Å². The van der Waals surface area contributed by atoms with Gasteiger partial charge in [-0.05, 0) is 0 Å². The number of carbonyl (C=O) groups is 1. The van der Waals surface area contributed by atoms with E-state index in [1.807, 2.05) is 17.7 Å². The summed E-state index contributed by atoms with van der Waals surface area (Å²) in [7, 11) is 1.42. The Morgan fingerprint density at radius 1 is 1.67 bits per heavy atom. The molecule has 0 bridgehead atoms. The zero-order valence-corrected chi connectivity index (χ0v) is 9.87. The molecule has 0 radical (unpaired) electrons. The molecule has 0 saturated carbocycles. The summed E-state index contributed by atoms with van der Waals surface area (Å²) in [6.45, 7) is 2.96. The predicted octanol–water partition coefficient (Wildman–Crippen LogP) is 1.57. The quantitative estimate of drug-likeness (QED) is 0.693. The largest absolute Gasteiger partial charge is 0.469 e. The van der Waals surface area contributed by atoms with Gasteiger partial charge in [0.25, 0.3) is 0 Å². The molecule has 1 rings (SSSR count). The third-order valence-corrected chi connectivity index (χ3v) is 3.15. The van der Waals surface area contributed by atoms with Crippen molar-refractivity contribution in [1.82, 2.24) is 9.55 Å². The smallest absolute Gasteiger partial charge is 0.306 e. The van der Waals surface area contributed by atoms with Crippen LogP contribution in [-0.4, -0.2) is 33.6 Å². The van der Waals surface area contributed by atoms with Crippen LogP contribution < -0.4 is 0 Å². The molecule has 0 saturated heterocycles. The summed E-state index contributed by atoms with van der Waals surface area (Å²) < 4.78 is 6.63. The molecule has 5 heteroatoms. The van der Waals surface area contributed by atoms with Crippen LogP contribution in [0.15, 0.2) is 18.7 Å². The molecule has 1 heterocycles. The minimum atomic E-state index is -0.141. The minimum Gasteiger partial charge on any atom is -0.469 e. The molecule has 0 aliphatic carbocycles. The van der Waals surface area contributed by atoms with Crippen molar-refractivity contribution in [3.8, 4) is 0 Å². The zero-order chi connectivity index (χ0) is 11.1. The van der Waals surface area contributed by atoms with Gasteiger partial charge in [-0.2, -0.15) is 11.8 Å². The van der Waals surface area contributed by atoms with E-state index >= 15 is 0 Å². The Hall–Kier alpha value is -0.970. The number of carbonyl (C=O) groups excluding carboxylic acids is 1. The number of esters is 1. The molecule has 0 N–H and O–H groups in total. The molecule has 0 aliphatic rings. The van der Waals surface area contributed by atoms with Crippen LogP contribution in [0.3, 0.4) is 0 Å². The Balaban J connectivity index is 2.12. The second-order valence-corrected chi connectivity index (χ2v) is 4.81. The van der Waals surface area contributed by atoms with Crippen molar-refractivity contribution in [3.05, 3.63) is 18.7 Å². The van der Waals surface area contributed by atoms with Crippen molar-refractivity contribution in [2.24, 2.45) is 0 Å². The highest BCUT2D eigenvalue weighted by Crippen LogP contribution is 2.14. The second-order valence-electron chi connectivity index (χ2n) is 3.26. The molecule has 0 fully saturated rings. The first-order chi connectivity index (χ1) is 7.22. The third-order valence-electron chi connectivity index (χ3n) is 1.99. The Morgan fingerprint density at radius 3 is 3.07 bits per heavy atom. The number of rotatable bonds is 6. The van der Waals surface area contributed by atoms with E-state index < -0.39 is 0 Å². The average Bonchev–Trinajstić information content (AvgIpc) is 2.70. The molecule has 0 aliphatic heterocycles. The third kappa shape index (κ3) is 4.88. The molecular weight excluding hydrogens is 212 g/mol. The van der Waals surface area contributed by atoms with Gasteiger partial charge >= 0.3 is 5.97 Å². The van der Waals surface area contributed by atoms with Gasteiger partial charge in [0.15, 0.2) is 0 Å². The van der Waals surface area contributed by atoms with Crippen LogP contribution in [0.25, 0.3) is 0 Å². The maximum atomic E-state index is 11.0. The Morgan fingerprint density at radius 2 is 2.47 bits per heavy atom. The second kappa shape index (κ2) is 6.50. The van der Waals surface area contributed by atoms with E-state index in [-0.39, 0.29) is 5.97 Å². The highest BCUT2D eigenvalue weighted by Gasteiger charge is 2.08. The number of nitrogens with zero attached hydrogens (tertiary/aromatic N) is 2. The van der Waals surface area contributed by atoms with Crippen LogP contribution in [-0.2, 0) is 16.1 Å². The lowest BCUT2D eigenvalue weighted by molar-refractivity contribution is -0.140. The van der Waals surface area contributed by atoms with Crippen molar-refractivity contribution in [2.75, 3.05) is 12.9 Å². The topological polar surface area (TPSA) is 44.1 Å². The van der Waals surface area contributed by atoms with E-state index in [9.17, 15) is 4.79 Å². The molecule has 0 spiro atoms. The number of hydrogen-bond acceptors (Lipinski definition) is 4. The summed E-state index contributed by atoms with van der Waals surface area (Å²) in [6.07, 6.45) is 5.98. The first-order valence-electron chi connectivity index (χ1n) is 4.86. The molecule has 0 amide bonds. The van der Waals surface area contributed by atoms with Gasteiger partial charge in [0, 0.05) is 29.9 Å². The van der Waals surface area contributed by atoms with E-state index in [0.717, 1.165) is 12.3 Å². The van der Waals surface area contributed by atoms with Gasteiger partial charge in [-0.3, -0.25) is 4.79 Å². The normalized spacial score (nSPS) is 12.4. The van der Waals surface area contributed by atoms with Gasteiger partial charge < -0.3 is 9.30 Å². The summed E-state index contributed by atoms with van der Waals surface area (Å²) in [4.78, 5) is 14.9. The maximum Gasteiger partial charge on any atom is 0.306 e. The molecule has 0 aromatic carbocycles. The van der Waals surface area contributed by atoms with Crippen LogP contribution in [0.1, 0.15) is 13.3 Å². The maximum absolute atomic E-state index is 11.0. The minimum absolute atomic E-state index is 0.141. The van der Waals surface area contributed by atoms with Crippen molar-refractivity contribution < 1.29 is 9.53 Å². The number of hydrogen-bond donors (Lipinski definition) is 0. The fourth-order valence-electron chi connectivity index (χ4n) is 1.16. The number of aryl methyl sites for hydroxylation is 1. The summed E-state index contributed by atoms with van der Waals surface area (Å²) in [5, 5.41) is 0.306. The predicted molar refractivity (Wildman–Crippen MR) is 60.8 cm³/mol. The Bertz CT molecular complexity index is 288. The number of methoxy groups -OCH3 is 1. The molecule has 1 aromatic rings. The van der Waals surface area contributed by atoms with Crippen molar-refractivity contribution in [3.63, 3.8) is 0 Å². The monoisotopic (exact) mass is 228 g/mol. The first kappa shape index (κ1) is 12.1. The van der Waals surface area contributed by atoms with Crippen molar-refractivity contribution in [2.45, 2.75) is 25.1 Å². The van der Waals surface area contributed by atoms with Crippen LogP contribution in [0.4, 0.5) is 0 Å². The highest BCUT2D eigenvalue weighted by atomic mass is 32.2. The number of aromatic nitrogens is 2. The number of ether oxygens (including phenoxy) is 1. The fourth-order valence-corrected chi connectivity index (χ4v) is 2.13. The zero-order valence-electron chi connectivity index (χ0n) is 9.05. The average molecular weight is 228 g/mol. The lowest BCUT2D eigenvalue weighted by Crippen LogP contribution is -2.10. The molecule has 1 aromatic heterocycles. The van der Waals surface area contributed by atoms with E-state index in [0.29, 0.717) is 11.7 Å². The number of thioether (sulfide) groups is 1. The van der Waals surface area contributed by atoms with E-state index in [1.165, 1.54) is 7.11 Å². The van der Waals surface area contributed by atoms with E-state index in [1.54, 1.807) is 24.3 Å². The molecular formula is C10H16N2O2S. The SMILES string of the molecule is COC(=O)CC(C)SCCn1ccnc1. The standard InChI is InChI=1S/C10H16N2O2S/c1-9(7-10(13)14-2)15-6-5-12-4-3-11-8-12/h3-4,8-9H,5-7H2,1-2H3. The Kier molecular flexibility index (Phi) is 5.25. The summed E-state index contributed by atoms with van der Waals surface area (Å²) in [6, 6.07) is 0. The molecule has 15 heavy (non-hydrogen) atoms. The molecule has 1 atom stereocenters. The first-order valence-corrected chi connectivity index (χ1v) is 5.91. The van der Waals surface area contributed by atoms with Crippen LogP contribution >= 0.6 is 11.8 Å². The fraction of sp³-hybridized carbons (Fsp3) is 0.600. The van der Waals surface area contributed by atoms with E-state index in [4.69, 9.17) is 0 Å². The summed E-state index contributed by atoms with van der Waals surface area (Å²) >= 11 is 1.77. The lowest BCUT2D eigenvalue weighted by Gasteiger charge is -2.09. The van der Waals surface area contributed by atoms with Crippen molar-refractivity contribution in [1.29, 1.82) is 0 Å². The molecule has 84 valence electrons. The van der Waals surface area contributed by atoms with Crippen molar-refractivity contribution >= 4 is 17.7 Å². The van der Waals surface area contributed by atoms with E-state index in [2.05, 4.69) is 9.72 Å². The van der Waals surface area contributed by atoms with Gasteiger partial charge in [-0.25, -0.2) is 4.98 Å². The molecule has 1 unspecified atom stereocenters. The van der Waals surface area contributed by atoms with Gasteiger partial charge in [0.05, 0.1) is 19.9 Å². The summed E-state index contributed by atoms with van der Waals surface area (Å²) in [5.74, 6) is 0.840. The summed E-state index contributed by atoms with van der Waals surface area (Å²) in [5.41, 5.74) is 0. The van der Waals surface area contributed by atoms with Gasteiger partial charge in [-0.15, -0.1) is 0 Å². The van der Waals surface area contributed by atoms with Gasteiger partial charge in [-0.1, -0.05) is 6.92 Å². The lowest BCUT2D eigenvalue weighted by atomic mass is 10.3. The van der Waals surface area contributed by atoms with Crippen LogP contribution in [0, 0.1) is 0 Å². The van der Waals surface area contributed by atoms with Gasteiger partial charge in [0.1, 0.15) is 0 Å². The Labute approximate surface area is 94.0 Å². The van der Waals surface area contributed by atoms with Gasteiger partial charge in [0.2, 0.25) is 0 Å².